The molecular weight excluding hydrogens is 258 g/mol. The molecule has 6 heteroatoms. The van der Waals surface area contributed by atoms with Gasteiger partial charge >= 0.3 is 0 Å². The maximum atomic E-state index is 12.0. The molecule has 0 aliphatic carbocycles. The van der Waals surface area contributed by atoms with Crippen molar-refractivity contribution in [3.05, 3.63) is 23.8 Å². The zero-order valence-corrected chi connectivity index (χ0v) is 11.5. The first-order valence-corrected chi connectivity index (χ1v) is 6.37. The average molecular weight is 275 g/mol. The van der Waals surface area contributed by atoms with Gasteiger partial charge in [-0.15, -0.1) is 0 Å². The van der Waals surface area contributed by atoms with E-state index in [1.807, 2.05) is 0 Å². The van der Waals surface area contributed by atoms with Gasteiger partial charge in [0.2, 0.25) is 5.91 Å². The largest absolute Gasteiger partial charge is 0.398 e. The van der Waals surface area contributed by atoms with Crippen molar-refractivity contribution in [2.24, 2.45) is 0 Å². The van der Waals surface area contributed by atoms with Gasteiger partial charge in [-0.3, -0.25) is 19.3 Å². The third-order valence-corrected chi connectivity index (χ3v) is 3.42. The first-order chi connectivity index (χ1) is 9.40. The quantitative estimate of drug-likeness (QED) is 0.488. The highest BCUT2D eigenvalue weighted by molar-refractivity contribution is 6.02. The van der Waals surface area contributed by atoms with Crippen LogP contribution in [0, 0.1) is 0 Å². The van der Waals surface area contributed by atoms with Gasteiger partial charge in [0.1, 0.15) is 6.04 Å². The molecule has 1 fully saturated rings. The lowest BCUT2D eigenvalue weighted by Crippen LogP contribution is -2.48. The van der Waals surface area contributed by atoms with E-state index in [0.29, 0.717) is 29.8 Å². The van der Waals surface area contributed by atoms with Gasteiger partial charge in [0.25, 0.3) is 5.91 Å². The highest BCUT2D eigenvalue weighted by atomic mass is 16.2. The fraction of sp³-hybridized carbons (Fsp3) is 0.357. The van der Waals surface area contributed by atoms with E-state index >= 15 is 0 Å². The molecule has 1 aliphatic heterocycles. The molecule has 0 spiro atoms. The second kappa shape index (κ2) is 5.32. The Bertz CT molecular complexity index is 583. The minimum Gasteiger partial charge on any atom is -0.398 e. The van der Waals surface area contributed by atoms with Crippen LogP contribution < -0.4 is 11.1 Å². The maximum Gasteiger partial charge on any atom is 0.251 e. The van der Waals surface area contributed by atoms with Crippen LogP contribution in [0.1, 0.15) is 30.1 Å². The summed E-state index contributed by atoms with van der Waals surface area (Å²) in [5, 5.41) is 3.05. The number of amides is 2. The first kappa shape index (κ1) is 14.0. The fourth-order valence-electron chi connectivity index (χ4n) is 2.22. The monoisotopic (exact) mass is 275 g/mol. The zero-order chi connectivity index (χ0) is 14.9. The maximum absolute atomic E-state index is 12.0. The molecular formula is C14H17N3O3. The van der Waals surface area contributed by atoms with Gasteiger partial charge in [0.05, 0.1) is 0 Å². The summed E-state index contributed by atoms with van der Waals surface area (Å²) in [6.45, 7) is 1.45. The number of benzene rings is 1. The molecule has 6 nitrogen and oxygen atoms in total. The summed E-state index contributed by atoms with van der Waals surface area (Å²) in [6, 6.07) is 4.51. The van der Waals surface area contributed by atoms with Crippen molar-refractivity contribution in [3.63, 3.8) is 0 Å². The summed E-state index contributed by atoms with van der Waals surface area (Å²) in [4.78, 5) is 35.8. The number of rotatable bonds is 3. The number of hydrogen-bond donors (Lipinski definition) is 2. The topological polar surface area (TPSA) is 92.5 Å². The van der Waals surface area contributed by atoms with Gasteiger partial charge in [0, 0.05) is 30.4 Å². The molecule has 1 aliphatic rings. The Morgan fingerprint density at radius 2 is 2.10 bits per heavy atom. The molecule has 1 atom stereocenters. The molecule has 0 radical (unpaired) electrons. The van der Waals surface area contributed by atoms with Crippen LogP contribution in [0.25, 0.3) is 0 Å². The number of piperidine rings is 1. The molecule has 1 saturated heterocycles. The number of hydrogen-bond acceptors (Lipinski definition) is 5. The Morgan fingerprint density at radius 3 is 2.70 bits per heavy atom. The predicted octanol–water partition coefficient (Wildman–Crippen LogP) is 1.03. The van der Waals surface area contributed by atoms with Crippen LogP contribution >= 0.6 is 0 Å². The van der Waals surface area contributed by atoms with Gasteiger partial charge in [0.15, 0.2) is 5.78 Å². The lowest BCUT2D eigenvalue weighted by atomic mass is 10.0. The van der Waals surface area contributed by atoms with Crippen molar-refractivity contribution in [1.82, 2.24) is 4.90 Å². The normalized spacial score (nSPS) is 19.1. The van der Waals surface area contributed by atoms with E-state index in [-0.39, 0.29) is 17.6 Å². The number of nitrogens with zero attached hydrogens (tertiary/aromatic N) is 1. The first-order valence-electron chi connectivity index (χ1n) is 6.37. The van der Waals surface area contributed by atoms with Crippen LogP contribution in [-0.2, 0) is 9.59 Å². The molecule has 1 heterocycles. The number of anilines is 2. The Balaban J connectivity index is 2.14. The van der Waals surface area contributed by atoms with Gasteiger partial charge in [-0.2, -0.15) is 0 Å². The summed E-state index contributed by atoms with van der Waals surface area (Å²) >= 11 is 0. The van der Waals surface area contributed by atoms with Gasteiger partial charge < -0.3 is 11.1 Å². The van der Waals surface area contributed by atoms with E-state index in [2.05, 4.69) is 5.32 Å². The molecule has 1 aromatic rings. The average Bonchev–Trinajstić information content (AvgIpc) is 2.39. The predicted molar refractivity (Wildman–Crippen MR) is 75.3 cm³/mol. The summed E-state index contributed by atoms with van der Waals surface area (Å²) in [5.74, 6) is -0.525. The number of carbonyl (C=O) groups is 3. The number of nitrogens with one attached hydrogen (secondary N) is 1. The van der Waals surface area contributed by atoms with Gasteiger partial charge in [-0.25, -0.2) is 0 Å². The molecule has 2 rings (SSSR count). The molecule has 3 N–H and O–H groups in total. The van der Waals surface area contributed by atoms with Gasteiger partial charge in [-0.05, 0) is 31.5 Å². The number of nitrogens with two attached hydrogens (primary N) is 1. The lowest BCUT2D eigenvalue weighted by molar-refractivity contribution is -0.146. The number of carbonyl (C=O) groups excluding carboxylic acids is 3. The van der Waals surface area contributed by atoms with Crippen molar-refractivity contribution in [2.45, 2.75) is 25.8 Å². The Kier molecular flexibility index (Phi) is 3.74. The van der Waals surface area contributed by atoms with E-state index in [1.54, 1.807) is 18.2 Å². The number of likely N-dealkylation sites (tertiary alicyclic amines) is 1. The van der Waals surface area contributed by atoms with E-state index in [4.69, 9.17) is 5.73 Å². The van der Waals surface area contributed by atoms with Crippen molar-refractivity contribution in [1.29, 1.82) is 0 Å². The van der Waals surface area contributed by atoms with E-state index in [1.165, 1.54) is 14.0 Å². The van der Waals surface area contributed by atoms with Crippen molar-refractivity contribution >= 4 is 29.0 Å². The number of ketones is 1. The summed E-state index contributed by atoms with van der Waals surface area (Å²) < 4.78 is 0. The van der Waals surface area contributed by atoms with Crippen LogP contribution in [-0.4, -0.2) is 35.6 Å². The summed E-state index contributed by atoms with van der Waals surface area (Å²) in [7, 11) is 1.48. The molecule has 0 aromatic heterocycles. The number of Topliss-reactive ketones (excluding diaryl/α,β-unsaturated/α-hetero) is 1. The highest BCUT2D eigenvalue weighted by Gasteiger charge is 2.31. The van der Waals surface area contributed by atoms with Gasteiger partial charge in [-0.1, -0.05) is 0 Å². The zero-order valence-electron chi connectivity index (χ0n) is 11.5. The van der Waals surface area contributed by atoms with E-state index < -0.39 is 6.04 Å². The molecule has 106 valence electrons. The summed E-state index contributed by atoms with van der Waals surface area (Å²) in [5.41, 5.74) is 7.29. The molecule has 2 amide bonds. The highest BCUT2D eigenvalue weighted by Crippen LogP contribution is 2.22. The molecule has 0 saturated carbocycles. The van der Waals surface area contributed by atoms with Crippen molar-refractivity contribution in [2.75, 3.05) is 18.1 Å². The van der Waals surface area contributed by atoms with Crippen LogP contribution in [0.2, 0.25) is 0 Å². The van der Waals surface area contributed by atoms with E-state index in [0.717, 1.165) is 4.90 Å². The van der Waals surface area contributed by atoms with Crippen LogP contribution in [0.4, 0.5) is 11.4 Å². The smallest absolute Gasteiger partial charge is 0.251 e. The number of imide groups is 1. The third-order valence-electron chi connectivity index (χ3n) is 3.42. The minimum atomic E-state index is -0.444. The lowest BCUT2D eigenvalue weighted by Gasteiger charge is -2.28. The number of nitrogen functional groups attached to an aromatic ring is 1. The Labute approximate surface area is 116 Å². The second-order valence-electron chi connectivity index (χ2n) is 4.88. The molecule has 1 unspecified atom stereocenters. The number of likely N-dealkylation sites (N-methyl/N-ethyl adjacent to an activating group) is 1. The summed E-state index contributed by atoms with van der Waals surface area (Å²) in [6.07, 6.45) is 0.789. The van der Waals surface area contributed by atoms with Crippen LogP contribution in [0.15, 0.2) is 18.2 Å². The Hall–Kier alpha value is -2.37. The van der Waals surface area contributed by atoms with E-state index in [9.17, 15) is 14.4 Å². The standard InChI is InChI=1S/C14H17N3O3/c1-8(18)10-4-3-9(7-11(10)15)16-12-5-6-13(19)17(2)14(12)20/h3-4,7,12,16H,5-6,15H2,1-2H3. The molecule has 0 bridgehead atoms. The van der Waals surface area contributed by atoms with Crippen LogP contribution in [0.5, 0.6) is 0 Å². The third kappa shape index (κ3) is 2.64. The SMILES string of the molecule is CC(=O)c1ccc(NC2CCC(=O)N(C)C2=O)cc1N. The fourth-order valence-corrected chi connectivity index (χ4v) is 2.22. The molecule has 1 aromatic carbocycles. The van der Waals surface area contributed by atoms with Crippen molar-refractivity contribution in [3.8, 4) is 0 Å². The van der Waals surface area contributed by atoms with Crippen LogP contribution in [0.3, 0.4) is 0 Å². The molecule has 20 heavy (non-hydrogen) atoms. The minimum absolute atomic E-state index is 0.104. The Morgan fingerprint density at radius 1 is 1.40 bits per heavy atom. The second-order valence-corrected chi connectivity index (χ2v) is 4.88. The van der Waals surface area contributed by atoms with Crippen molar-refractivity contribution < 1.29 is 14.4 Å².